The summed E-state index contributed by atoms with van der Waals surface area (Å²) in [7, 11) is 0. The molecule has 94 valence electrons. The van der Waals surface area contributed by atoms with Crippen molar-refractivity contribution in [1.29, 1.82) is 0 Å². The van der Waals surface area contributed by atoms with Gasteiger partial charge in [-0.05, 0) is 47.5 Å². The topological polar surface area (TPSA) is 63.8 Å². The summed E-state index contributed by atoms with van der Waals surface area (Å²) in [6, 6.07) is 6.78. The van der Waals surface area contributed by atoms with Gasteiger partial charge < -0.3 is 5.11 Å². The highest BCUT2D eigenvalue weighted by atomic mass is 32.2. The van der Waals surface area contributed by atoms with Gasteiger partial charge in [-0.3, -0.25) is 0 Å². The van der Waals surface area contributed by atoms with Crippen molar-refractivity contribution in [3.05, 3.63) is 36.9 Å². The number of nitrogens with zero attached hydrogens (tertiary/aromatic N) is 4. The van der Waals surface area contributed by atoms with Gasteiger partial charge in [-0.25, -0.2) is 0 Å². The first-order valence-corrected chi connectivity index (χ1v) is 6.61. The zero-order chi connectivity index (χ0) is 12.8. The Hall–Kier alpha value is -1.82. The molecular formula is C12H14N4OS. The van der Waals surface area contributed by atoms with E-state index in [-0.39, 0.29) is 5.75 Å². The van der Waals surface area contributed by atoms with Gasteiger partial charge in [-0.1, -0.05) is 17.8 Å². The first-order valence-electron chi connectivity index (χ1n) is 5.63. The molecule has 0 radical (unpaired) electrons. The third kappa shape index (κ3) is 3.10. The van der Waals surface area contributed by atoms with Crippen molar-refractivity contribution in [3.8, 4) is 11.4 Å². The minimum Gasteiger partial charge on any atom is -0.508 e. The highest BCUT2D eigenvalue weighted by Gasteiger charge is 2.08. The fourth-order valence-electron chi connectivity index (χ4n) is 1.42. The first-order chi connectivity index (χ1) is 8.81. The predicted octanol–water partition coefficient (Wildman–Crippen LogP) is 2.43. The molecule has 0 fully saturated rings. The number of unbranched alkanes of at least 4 members (excludes halogenated alkanes) is 1. The Balaban J connectivity index is 2.07. The number of thioether (sulfide) groups is 1. The molecule has 1 N–H and O–H groups in total. The smallest absolute Gasteiger partial charge is 0.214 e. The lowest BCUT2D eigenvalue weighted by molar-refractivity contribution is 0.475. The predicted molar refractivity (Wildman–Crippen MR) is 71.0 cm³/mol. The lowest BCUT2D eigenvalue weighted by Gasteiger charge is -2.03. The van der Waals surface area contributed by atoms with Crippen LogP contribution in [0.1, 0.15) is 12.8 Å². The summed E-state index contributed by atoms with van der Waals surface area (Å²) in [6.45, 7) is 3.69. The fraction of sp³-hybridized carbons (Fsp3) is 0.250. The molecule has 0 aliphatic heterocycles. The van der Waals surface area contributed by atoms with E-state index in [4.69, 9.17) is 0 Å². The third-order valence-electron chi connectivity index (χ3n) is 2.32. The van der Waals surface area contributed by atoms with E-state index in [1.807, 2.05) is 6.08 Å². The molecule has 6 heteroatoms. The van der Waals surface area contributed by atoms with Gasteiger partial charge in [-0.15, -0.1) is 11.7 Å². The van der Waals surface area contributed by atoms with E-state index >= 15 is 0 Å². The summed E-state index contributed by atoms with van der Waals surface area (Å²) < 4.78 is 1.66. The van der Waals surface area contributed by atoms with Crippen molar-refractivity contribution < 1.29 is 5.11 Å². The van der Waals surface area contributed by atoms with Gasteiger partial charge in [0.2, 0.25) is 5.16 Å². The van der Waals surface area contributed by atoms with Gasteiger partial charge in [0.1, 0.15) is 5.75 Å². The zero-order valence-electron chi connectivity index (χ0n) is 9.86. The summed E-state index contributed by atoms with van der Waals surface area (Å²) in [5, 5.41) is 21.6. The molecular weight excluding hydrogens is 248 g/mol. The molecule has 0 saturated heterocycles. The first kappa shape index (κ1) is 12.6. The molecule has 0 bridgehead atoms. The number of allylic oxidation sites excluding steroid dienone is 1. The number of rotatable bonds is 6. The van der Waals surface area contributed by atoms with Crippen LogP contribution in [0.5, 0.6) is 5.75 Å². The molecule has 0 aliphatic carbocycles. The molecule has 1 aromatic carbocycles. The largest absolute Gasteiger partial charge is 0.508 e. The molecule has 0 atom stereocenters. The van der Waals surface area contributed by atoms with Crippen LogP contribution in [0.25, 0.3) is 5.69 Å². The van der Waals surface area contributed by atoms with Crippen molar-refractivity contribution >= 4 is 11.8 Å². The van der Waals surface area contributed by atoms with Crippen molar-refractivity contribution in [2.45, 2.75) is 18.0 Å². The average molecular weight is 262 g/mol. The number of hydrogen-bond donors (Lipinski definition) is 1. The molecule has 0 amide bonds. The summed E-state index contributed by atoms with van der Waals surface area (Å²) in [5.41, 5.74) is 0.837. The van der Waals surface area contributed by atoms with E-state index in [1.54, 1.807) is 40.7 Å². The van der Waals surface area contributed by atoms with Crippen LogP contribution in [0.2, 0.25) is 0 Å². The molecule has 0 unspecified atom stereocenters. The maximum absolute atomic E-state index is 9.25. The third-order valence-corrected chi connectivity index (χ3v) is 3.32. The normalized spacial score (nSPS) is 10.4. The van der Waals surface area contributed by atoms with E-state index in [2.05, 4.69) is 22.1 Å². The van der Waals surface area contributed by atoms with Crippen molar-refractivity contribution in [2.24, 2.45) is 0 Å². The van der Waals surface area contributed by atoms with Gasteiger partial charge in [0.25, 0.3) is 0 Å². The molecule has 1 aromatic heterocycles. The summed E-state index contributed by atoms with van der Waals surface area (Å²) >= 11 is 1.61. The van der Waals surface area contributed by atoms with Crippen molar-refractivity contribution in [2.75, 3.05) is 5.75 Å². The Morgan fingerprint density at radius 3 is 2.83 bits per heavy atom. The second-order valence-electron chi connectivity index (χ2n) is 3.67. The number of phenolic OH excluding ortho intramolecular Hbond substituents is 1. The van der Waals surface area contributed by atoms with Crippen LogP contribution in [0.15, 0.2) is 42.1 Å². The minimum atomic E-state index is 0.229. The number of aromatic nitrogens is 4. The molecule has 18 heavy (non-hydrogen) atoms. The number of phenols is 1. The van der Waals surface area contributed by atoms with E-state index in [1.165, 1.54) is 0 Å². The van der Waals surface area contributed by atoms with E-state index in [0.29, 0.717) is 0 Å². The molecule has 5 nitrogen and oxygen atoms in total. The van der Waals surface area contributed by atoms with Crippen molar-refractivity contribution in [3.63, 3.8) is 0 Å². The Labute approximate surface area is 110 Å². The number of tetrazole rings is 1. The van der Waals surface area contributed by atoms with E-state index in [9.17, 15) is 5.11 Å². The quantitative estimate of drug-likeness (QED) is 0.492. The fourth-order valence-corrected chi connectivity index (χ4v) is 2.27. The molecule has 0 saturated carbocycles. The Bertz CT molecular complexity index is 509. The highest BCUT2D eigenvalue weighted by molar-refractivity contribution is 7.99. The van der Waals surface area contributed by atoms with Gasteiger partial charge in [0.15, 0.2) is 0 Å². The van der Waals surface area contributed by atoms with Gasteiger partial charge in [0.05, 0.1) is 5.69 Å². The standard InChI is InChI=1S/C12H14N4OS/c1-2-3-4-9-18-12-13-14-15-16(12)10-5-7-11(17)8-6-10/h2,5-8,17H,1,3-4,9H2. The lowest BCUT2D eigenvalue weighted by atomic mass is 10.3. The highest BCUT2D eigenvalue weighted by Crippen LogP contribution is 2.20. The summed E-state index contributed by atoms with van der Waals surface area (Å²) in [5.74, 6) is 1.18. The Morgan fingerprint density at radius 2 is 2.11 bits per heavy atom. The van der Waals surface area contributed by atoms with Crippen LogP contribution >= 0.6 is 11.8 Å². The molecule has 0 aliphatic rings. The zero-order valence-corrected chi connectivity index (χ0v) is 10.7. The van der Waals surface area contributed by atoms with Crippen LogP contribution in [0, 0.1) is 0 Å². The van der Waals surface area contributed by atoms with Crippen LogP contribution in [0.4, 0.5) is 0 Å². The SMILES string of the molecule is C=CCCCSc1nnnn1-c1ccc(O)cc1. The van der Waals surface area contributed by atoms with Crippen LogP contribution in [-0.2, 0) is 0 Å². The molecule has 2 aromatic rings. The van der Waals surface area contributed by atoms with Crippen LogP contribution in [-0.4, -0.2) is 31.1 Å². The maximum atomic E-state index is 9.25. The van der Waals surface area contributed by atoms with Gasteiger partial charge >= 0.3 is 0 Å². The number of benzene rings is 1. The lowest BCUT2D eigenvalue weighted by Crippen LogP contribution is -1.98. The second-order valence-corrected chi connectivity index (χ2v) is 4.73. The van der Waals surface area contributed by atoms with Gasteiger partial charge in [0, 0.05) is 5.75 Å². The monoisotopic (exact) mass is 262 g/mol. The van der Waals surface area contributed by atoms with Gasteiger partial charge in [-0.2, -0.15) is 4.68 Å². The maximum Gasteiger partial charge on any atom is 0.214 e. The van der Waals surface area contributed by atoms with Crippen LogP contribution < -0.4 is 0 Å². The number of aromatic hydroxyl groups is 1. The molecule has 1 heterocycles. The van der Waals surface area contributed by atoms with Crippen molar-refractivity contribution in [1.82, 2.24) is 20.2 Å². The molecule has 2 rings (SSSR count). The summed E-state index contributed by atoms with van der Waals surface area (Å²) in [4.78, 5) is 0. The second kappa shape index (κ2) is 6.20. The Morgan fingerprint density at radius 1 is 1.33 bits per heavy atom. The number of hydrogen-bond acceptors (Lipinski definition) is 5. The Kier molecular flexibility index (Phi) is 4.35. The minimum absolute atomic E-state index is 0.229. The van der Waals surface area contributed by atoms with E-state index in [0.717, 1.165) is 29.4 Å². The molecule has 0 spiro atoms. The van der Waals surface area contributed by atoms with E-state index < -0.39 is 0 Å². The summed E-state index contributed by atoms with van der Waals surface area (Å²) in [6.07, 6.45) is 3.95. The van der Waals surface area contributed by atoms with Crippen LogP contribution in [0.3, 0.4) is 0 Å². The average Bonchev–Trinajstić information content (AvgIpc) is 2.84.